The van der Waals surface area contributed by atoms with Crippen LogP contribution < -0.4 is 15.4 Å². The maximum atomic E-state index is 15.9. The molecule has 3 aromatic rings. The second-order valence-electron chi connectivity index (χ2n) is 11.8. The first-order chi connectivity index (χ1) is 20.4. The summed E-state index contributed by atoms with van der Waals surface area (Å²) in [5, 5.41) is 17.2. The van der Waals surface area contributed by atoms with E-state index in [0.717, 1.165) is 11.6 Å². The van der Waals surface area contributed by atoms with E-state index in [-0.39, 0.29) is 26.6 Å². The van der Waals surface area contributed by atoms with Gasteiger partial charge in [-0.1, -0.05) is 68.2 Å². The minimum Gasteiger partial charge on any atom is -0.495 e. The molecule has 1 fully saturated rings. The number of benzene rings is 3. The summed E-state index contributed by atoms with van der Waals surface area (Å²) in [6, 6.07) is 14.1. The van der Waals surface area contributed by atoms with Crippen LogP contribution in [0.25, 0.3) is 0 Å². The van der Waals surface area contributed by atoms with Crippen LogP contribution in [0.15, 0.2) is 54.6 Å². The Labute approximate surface area is 261 Å². The minimum atomic E-state index is -1.72. The van der Waals surface area contributed by atoms with E-state index in [1.807, 2.05) is 27.7 Å². The molecule has 1 amide bonds. The van der Waals surface area contributed by atoms with Crippen LogP contribution in [0.2, 0.25) is 10.0 Å². The number of ether oxygens (including phenoxy) is 2. The van der Waals surface area contributed by atoms with Gasteiger partial charge in [0.25, 0.3) is 0 Å². The molecule has 4 atom stereocenters. The number of methoxy groups -OCH3 is 1. The van der Waals surface area contributed by atoms with Crippen LogP contribution in [-0.2, 0) is 21.6 Å². The molecular weight excluding hydrogens is 595 g/mol. The van der Waals surface area contributed by atoms with Gasteiger partial charge in [0, 0.05) is 29.2 Å². The number of rotatable bonds is 9. The molecule has 0 saturated carbocycles. The first-order valence-electron chi connectivity index (χ1n) is 14.0. The molecule has 0 bridgehead atoms. The molecule has 1 heterocycles. The van der Waals surface area contributed by atoms with Gasteiger partial charge in [0.15, 0.2) is 0 Å². The maximum Gasteiger partial charge on any atom is 0.242 e. The number of nitrogens with zero attached hydrogens (tertiary/aromatic N) is 1. The van der Waals surface area contributed by atoms with E-state index in [0.29, 0.717) is 31.1 Å². The lowest BCUT2D eigenvalue weighted by Crippen LogP contribution is -2.45. The minimum absolute atomic E-state index is 0.0127. The van der Waals surface area contributed by atoms with Crippen molar-refractivity contribution in [3.8, 4) is 11.8 Å². The summed E-state index contributed by atoms with van der Waals surface area (Å²) in [6.45, 7) is 8.74. The van der Waals surface area contributed by atoms with Crippen molar-refractivity contribution in [2.45, 2.75) is 64.1 Å². The van der Waals surface area contributed by atoms with Crippen molar-refractivity contribution >= 4 is 34.8 Å². The zero-order valence-corrected chi connectivity index (χ0v) is 26.2. The van der Waals surface area contributed by atoms with Crippen molar-refractivity contribution in [1.29, 1.82) is 5.26 Å². The summed E-state index contributed by atoms with van der Waals surface area (Å²) in [6.07, 6.45) is 0.362. The van der Waals surface area contributed by atoms with Crippen LogP contribution in [-0.4, -0.2) is 31.7 Å². The van der Waals surface area contributed by atoms with Crippen LogP contribution in [0.4, 0.5) is 14.5 Å². The third-order valence-corrected chi connectivity index (χ3v) is 8.26. The fourth-order valence-corrected chi connectivity index (χ4v) is 6.26. The summed E-state index contributed by atoms with van der Waals surface area (Å²) in [5.41, 5.74) is -0.822. The van der Waals surface area contributed by atoms with Gasteiger partial charge in [0.1, 0.15) is 22.8 Å². The average molecular weight is 631 g/mol. The Kier molecular flexibility index (Phi) is 10.0. The van der Waals surface area contributed by atoms with Crippen molar-refractivity contribution in [3.05, 3.63) is 93.0 Å². The van der Waals surface area contributed by atoms with Crippen molar-refractivity contribution < 1.29 is 23.0 Å². The predicted octanol–water partition coefficient (Wildman–Crippen LogP) is 7.78. The van der Waals surface area contributed by atoms with Gasteiger partial charge >= 0.3 is 0 Å². The number of nitriles is 1. The standard InChI is InChI=1S/C33H35Cl2F2N3O3/c1-6-43-17-19-10-13-25(26(14-19)42-5)39-31(41)30-28(21-8-7-9-23(35)29(21)37)33(18-38,27(40-30)16-32(2,3)4)22-12-11-20(34)15-24(22)36/h7-15,27-28,30,40H,6,16-17H2,1-5H3,(H,39,41)/t27-,28+,30-,33+/m1/s1. The fraction of sp³-hybridized carbons (Fsp3) is 0.394. The molecule has 1 aliphatic heterocycles. The molecule has 43 heavy (non-hydrogen) atoms. The summed E-state index contributed by atoms with van der Waals surface area (Å²) >= 11 is 12.3. The van der Waals surface area contributed by atoms with E-state index in [1.165, 1.54) is 31.4 Å². The number of nitrogens with one attached hydrogen (secondary N) is 2. The Bertz CT molecular complexity index is 1540. The third kappa shape index (κ3) is 6.66. The maximum absolute atomic E-state index is 15.9. The number of hydrogen-bond donors (Lipinski definition) is 2. The highest BCUT2D eigenvalue weighted by atomic mass is 35.5. The first-order valence-corrected chi connectivity index (χ1v) is 14.7. The molecule has 228 valence electrons. The Balaban J connectivity index is 1.90. The Morgan fingerprint density at radius 1 is 1.14 bits per heavy atom. The van der Waals surface area contributed by atoms with Crippen LogP contribution in [0.1, 0.15) is 56.7 Å². The Morgan fingerprint density at radius 2 is 1.88 bits per heavy atom. The zero-order chi connectivity index (χ0) is 31.5. The SMILES string of the molecule is CCOCc1ccc(NC(=O)[C@@H]2N[C@H](CC(C)(C)C)[C@](C#N)(c3ccc(Cl)cc3F)[C@H]2c2cccc(Cl)c2F)c(OC)c1. The van der Waals surface area contributed by atoms with Crippen molar-refractivity contribution in [2.24, 2.45) is 5.41 Å². The average Bonchev–Trinajstić information content (AvgIpc) is 3.26. The Hall–Kier alpha value is -3.22. The molecule has 4 rings (SSSR count). The number of carbonyl (C=O) groups excluding carboxylic acids is 1. The molecule has 3 aromatic carbocycles. The van der Waals surface area contributed by atoms with Gasteiger partial charge in [0.05, 0.1) is 36.5 Å². The van der Waals surface area contributed by atoms with Gasteiger partial charge in [-0.15, -0.1) is 0 Å². The van der Waals surface area contributed by atoms with Crippen LogP contribution in [0, 0.1) is 28.4 Å². The smallest absolute Gasteiger partial charge is 0.242 e. The van der Waals surface area contributed by atoms with Crippen molar-refractivity contribution in [3.63, 3.8) is 0 Å². The van der Waals surface area contributed by atoms with E-state index < -0.39 is 41.0 Å². The fourth-order valence-electron chi connectivity index (χ4n) is 5.92. The molecule has 0 unspecified atom stereocenters. The van der Waals surface area contributed by atoms with E-state index in [4.69, 9.17) is 32.7 Å². The molecule has 1 aliphatic rings. The largest absolute Gasteiger partial charge is 0.495 e. The molecule has 0 spiro atoms. The van der Waals surface area contributed by atoms with Gasteiger partial charge in [-0.3, -0.25) is 4.79 Å². The quantitative estimate of drug-likeness (QED) is 0.252. The summed E-state index contributed by atoms with van der Waals surface area (Å²) < 4.78 is 42.7. The summed E-state index contributed by atoms with van der Waals surface area (Å²) in [5.74, 6) is -2.84. The van der Waals surface area contributed by atoms with E-state index in [9.17, 15) is 10.1 Å². The van der Waals surface area contributed by atoms with E-state index in [2.05, 4.69) is 16.7 Å². The van der Waals surface area contributed by atoms with Crippen LogP contribution >= 0.6 is 23.2 Å². The molecular formula is C33H35Cl2F2N3O3. The lowest BCUT2D eigenvalue weighted by Gasteiger charge is -2.37. The van der Waals surface area contributed by atoms with E-state index in [1.54, 1.807) is 24.3 Å². The Morgan fingerprint density at radius 3 is 2.51 bits per heavy atom. The van der Waals surface area contributed by atoms with Gasteiger partial charge in [0.2, 0.25) is 5.91 Å². The van der Waals surface area contributed by atoms with Gasteiger partial charge in [-0.2, -0.15) is 5.26 Å². The van der Waals surface area contributed by atoms with Gasteiger partial charge in [-0.25, -0.2) is 8.78 Å². The monoisotopic (exact) mass is 629 g/mol. The highest BCUT2D eigenvalue weighted by Gasteiger charge is 2.61. The number of hydrogen-bond acceptors (Lipinski definition) is 5. The molecule has 0 aromatic heterocycles. The third-order valence-electron chi connectivity index (χ3n) is 7.73. The van der Waals surface area contributed by atoms with Gasteiger partial charge in [-0.05, 0) is 60.2 Å². The normalized spacial score (nSPS) is 21.8. The van der Waals surface area contributed by atoms with Crippen molar-refractivity contribution in [2.75, 3.05) is 19.0 Å². The number of carbonyl (C=O) groups is 1. The van der Waals surface area contributed by atoms with Crippen LogP contribution in [0.5, 0.6) is 5.75 Å². The lowest BCUT2D eigenvalue weighted by molar-refractivity contribution is -0.118. The molecule has 0 aliphatic carbocycles. The molecule has 0 radical (unpaired) electrons. The highest BCUT2D eigenvalue weighted by Crippen LogP contribution is 2.53. The van der Waals surface area contributed by atoms with Crippen molar-refractivity contribution in [1.82, 2.24) is 5.32 Å². The van der Waals surface area contributed by atoms with Gasteiger partial charge < -0.3 is 20.1 Å². The molecule has 6 nitrogen and oxygen atoms in total. The second kappa shape index (κ2) is 13.2. The van der Waals surface area contributed by atoms with E-state index >= 15 is 8.78 Å². The summed E-state index contributed by atoms with van der Waals surface area (Å²) in [4.78, 5) is 14.2. The molecule has 10 heteroatoms. The number of anilines is 1. The molecule has 2 N–H and O–H groups in total. The highest BCUT2D eigenvalue weighted by molar-refractivity contribution is 6.31. The predicted molar refractivity (Wildman–Crippen MR) is 165 cm³/mol. The zero-order valence-electron chi connectivity index (χ0n) is 24.7. The number of halogens is 4. The lowest BCUT2D eigenvalue weighted by atomic mass is 9.62. The summed E-state index contributed by atoms with van der Waals surface area (Å²) in [7, 11) is 1.48. The topological polar surface area (TPSA) is 83.4 Å². The second-order valence-corrected chi connectivity index (χ2v) is 12.7. The van der Waals surface area contributed by atoms with Crippen LogP contribution in [0.3, 0.4) is 0 Å². The number of amides is 1. The first kappa shape index (κ1) is 32.7. The molecule has 1 saturated heterocycles.